The summed E-state index contributed by atoms with van der Waals surface area (Å²) in [5.41, 5.74) is 1.91. The Morgan fingerprint density at radius 1 is 0.944 bits per heavy atom. The second-order valence-corrected chi connectivity index (χ2v) is 21.5. The zero-order valence-electron chi connectivity index (χ0n) is 39.0. The molecule has 3 aliphatic rings. The van der Waals surface area contributed by atoms with Crippen LogP contribution in [0.15, 0.2) is 95.7 Å². The molecule has 0 spiro atoms. The number of hydrogen-bond donors (Lipinski definition) is 3. The van der Waals surface area contributed by atoms with Gasteiger partial charge < -0.3 is 29.6 Å². The fraction of sp³-hybridized carbons (Fsp3) is 0.378. The van der Waals surface area contributed by atoms with Crippen molar-refractivity contribution >= 4 is 140 Å². The highest BCUT2D eigenvalue weighted by molar-refractivity contribution is 7.90. The van der Waals surface area contributed by atoms with Gasteiger partial charge in [-0.2, -0.15) is 0 Å². The quantitative estimate of drug-likeness (QED) is 0.0895. The molecule has 20 radical (unpaired) electrons. The van der Waals surface area contributed by atoms with E-state index in [4.69, 9.17) is 99.5 Å². The number of piperazine rings is 1. The molecule has 2 saturated heterocycles. The number of fused-ring (bicyclic) bond motifs is 1. The Bertz CT molecular complexity index is 3020. The molecule has 0 saturated carbocycles. The molecular formula is C45H40B10ClN7O7S. The smallest absolute Gasteiger partial charge is 0.293 e. The zero-order valence-corrected chi connectivity index (χ0v) is 40.6. The lowest BCUT2D eigenvalue weighted by Crippen LogP contribution is -2.92. The predicted molar refractivity (Wildman–Crippen MR) is 284 cm³/mol. The van der Waals surface area contributed by atoms with Gasteiger partial charge in [0.2, 0.25) is 0 Å². The standard InChI is InChI=1S/C45H40B10ClN7O7S/c1-40(2)15-11-27(34(22-40)25-3-5-29(56)6-4-25)24-61-42(48,49)44(52,53)62(45(54,55)43(61,50)51)30-7-9-33(37(20-30)70-31-19-26-12-16-57-38(26)58-23-31)39(64)60-71(67,68)32-8-10-35(36(21-32)63(65)66)59-41(46,47)28-13-17-69-18-14-28/h3-10,12,16,19-21,23,28,59H,11,13-15,17-18,22,24H2,1-2H3,(H,57,58)(H,60,64). The SMILES string of the molecule is [B]C([B])(Nc1ccc(S(=O)(=O)NC(=O)c2ccc(N3C([B])([B])C([B])([B])N(CC4=C(c5ccc(Cl)cc5)CC(C)(C)CC4)C([B])([B])C3([B])[B])cc2Oc2cnc3[nH]ccc3c2)cc1[N+](=O)[O-])C1CCOCC1. The summed E-state index contributed by atoms with van der Waals surface area (Å²) in [5, 5.41) is 5.14. The van der Waals surface area contributed by atoms with Gasteiger partial charge in [0.25, 0.3) is 21.6 Å². The number of benzene rings is 3. The number of allylic oxidation sites excluding steroid dienone is 1. The third-order valence-electron chi connectivity index (χ3n) is 13.7. The first-order chi connectivity index (χ1) is 33.1. The third-order valence-corrected chi connectivity index (χ3v) is 15.2. The summed E-state index contributed by atoms with van der Waals surface area (Å²) >= 11 is 6.26. The number of carbonyl (C=O) groups is 1. The van der Waals surface area contributed by atoms with Crippen LogP contribution in [0.1, 0.15) is 61.9 Å². The Kier molecular flexibility index (Phi) is 14.0. The van der Waals surface area contributed by atoms with Crippen LogP contribution in [0, 0.1) is 21.4 Å². The highest BCUT2D eigenvalue weighted by Gasteiger charge is 2.60. The lowest BCUT2D eigenvalue weighted by Gasteiger charge is -2.76. The van der Waals surface area contributed by atoms with Gasteiger partial charge in [0.1, 0.15) is 22.8 Å². The largest absolute Gasteiger partial charge is 0.455 e. The summed E-state index contributed by atoms with van der Waals surface area (Å²) in [5.74, 6) is -1.79. The molecule has 0 atom stereocenters. The predicted octanol–water partition coefficient (Wildman–Crippen LogP) is 3.61. The fourth-order valence-corrected chi connectivity index (χ4v) is 10.6. The monoisotopic (exact) mass is 967 g/mol. The van der Waals surface area contributed by atoms with Gasteiger partial charge in [0, 0.05) is 54.2 Å². The average molecular weight is 966 g/mol. The van der Waals surface area contributed by atoms with E-state index in [1.165, 1.54) is 29.3 Å². The first-order valence-electron chi connectivity index (χ1n) is 22.5. The minimum atomic E-state index is -4.86. The van der Waals surface area contributed by atoms with Crippen LogP contribution in [0.3, 0.4) is 0 Å². The van der Waals surface area contributed by atoms with Crippen LogP contribution in [0.25, 0.3) is 16.6 Å². The van der Waals surface area contributed by atoms with Crippen molar-refractivity contribution in [3.05, 3.63) is 117 Å². The topological polar surface area (TPSA) is 172 Å². The second kappa shape index (κ2) is 18.9. The number of pyridine rings is 1. The van der Waals surface area contributed by atoms with Gasteiger partial charge in [0.05, 0.1) is 100 Å². The first kappa shape index (κ1) is 52.5. The maximum Gasteiger partial charge on any atom is 0.293 e. The minimum absolute atomic E-state index is 0.0652. The molecule has 4 heterocycles. The molecule has 340 valence electrons. The summed E-state index contributed by atoms with van der Waals surface area (Å²) in [6.45, 7) is 5.04. The first-order valence-corrected chi connectivity index (χ1v) is 24.3. The number of rotatable bonds is 13. The number of nitro groups is 1. The van der Waals surface area contributed by atoms with Gasteiger partial charge in [-0.15, -0.1) is 0 Å². The lowest BCUT2D eigenvalue weighted by atomic mass is 9.26. The zero-order chi connectivity index (χ0) is 51.7. The molecule has 3 N–H and O–H groups in total. The number of halogens is 1. The van der Waals surface area contributed by atoms with E-state index in [1.54, 1.807) is 30.5 Å². The van der Waals surface area contributed by atoms with Gasteiger partial charge in [-0.1, -0.05) is 43.2 Å². The van der Waals surface area contributed by atoms with Crippen LogP contribution in [-0.2, 0) is 14.8 Å². The van der Waals surface area contributed by atoms with E-state index in [-0.39, 0.29) is 46.3 Å². The van der Waals surface area contributed by atoms with Crippen molar-refractivity contribution in [1.29, 1.82) is 0 Å². The van der Waals surface area contributed by atoms with Gasteiger partial charge in [0.15, 0.2) is 0 Å². The van der Waals surface area contributed by atoms with E-state index in [0.717, 1.165) is 46.2 Å². The molecule has 2 aromatic heterocycles. The Morgan fingerprint density at radius 3 is 2.25 bits per heavy atom. The van der Waals surface area contributed by atoms with Crippen molar-refractivity contribution in [2.45, 2.75) is 77.5 Å². The van der Waals surface area contributed by atoms with E-state index in [0.29, 0.717) is 55.0 Å². The highest BCUT2D eigenvalue weighted by atomic mass is 35.5. The second-order valence-electron chi connectivity index (χ2n) is 19.3. The number of aromatic nitrogens is 2. The molecular weight excluding hydrogens is 926 g/mol. The Hall–Kier alpha value is -4.83. The molecule has 1 aliphatic carbocycles. The molecule has 14 nitrogen and oxygen atoms in total. The normalized spacial score (nSPS) is 20.0. The van der Waals surface area contributed by atoms with Crippen molar-refractivity contribution in [3.63, 3.8) is 0 Å². The van der Waals surface area contributed by atoms with Crippen LogP contribution in [0.5, 0.6) is 11.5 Å². The van der Waals surface area contributed by atoms with E-state index < -0.39 is 58.1 Å². The van der Waals surface area contributed by atoms with Crippen LogP contribution < -0.4 is 19.7 Å². The number of H-pyrrole nitrogens is 1. The molecule has 0 bridgehead atoms. The van der Waals surface area contributed by atoms with Gasteiger partial charge in [-0.25, -0.2) is 18.1 Å². The van der Waals surface area contributed by atoms with Crippen LogP contribution in [-0.4, -0.2) is 159 Å². The maximum absolute atomic E-state index is 14.2. The van der Waals surface area contributed by atoms with Crippen molar-refractivity contribution in [1.82, 2.24) is 19.6 Å². The number of amides is 1. The summed E-state index contributed by atoms with van der Waals surface area (Å²) in [4.78, 5) is 34.7. The maximum atomic E-state index is 14.2. The molecule has 26 heteroatoms. The summed E-state index contributed by atoms with van der Waals surface area (Å²) < 4.78 is 41.5. The summed E-state index contributed by atoms with van der Waals surface area (Å²) in [6, 6.07) is 17.3. The van der Waals surface area contributed by atoms with Crippen molar-refractivity contribution < 1.29 is 27.6 Å². The number of aromatic amines is 1. The number of nitro benzene ring substituents is 1. The summed E-state index contributed by atoms with van der Waals surface area (Å²) in [7, 11) is 63.6. The van der Waals surface area contributed by atoms with E-state index in [9.17, 15) is 23.3 Å². The minimum Gasteiger partial charge on any atom is -0.455 e. The van der Waals surface area contributed by atoms with Crippen molar-refractivity contribution in [2.24, 2.45) is 11.3 Å². The number of carbonyl (C=O) groups excluding carboxylic acids is 1. The molecule has 2 fully saturated rings. The molecule has 8 rings (SSSR count). The van der Waals surface area contributed by atoms with Gasteiger partial charge >= 0.3 is 0 Å². The fourth-order valence-electron chi connectivity index (χ4n) is 9.45. The molecule has 1 amide bonds. The van der Waals surface area contributed by atoms with Crippen LogP contribution in [0.4, 0.5) is 17.1 Å². The van der Waals surface area contributed by atoms with E-state index in [1.807, 2.05) is 16.9 Å². The van der Waals surface area contributed by atoms with Gasteiger partial charge in [-0.3, -0.25) is 14.9 Å². The molecule has 2 aliphatic heterocycles. The van der Waals surface area contributed by atoms with Crippen molar-refractivity contribution in [3.8, 4) is 11.5 Å². The average Bonchev–Trinajstić information content (AvgIpc) is 3.76. The number of nitrogens with one attached hydrogen (secondary N) is 3. The number of anilines is 2. The lowest BCUT2D eigenvalue weighted by molar-refractivity contribution is -0.384. The molecule has 5 aromatic rings. The number of nitrogens with zero attached hydrogens (tertiary/aromatic N) is 4. The van der Waals surface area contributed by atoms with Crippen LogP contribution in [0.2, 0.25) is 5.02 Å². The van der Waals surface area contributed by atoms with E-state index in [2.05, 4.69) is 29.1 Å². The van der Waals surface area contributed by atoms with Crippen LogP contribution >= 0.6 is 11.6 Å². The Morgan fingerprint density at radius 2 is 1.61 bits per heavy atom. The van der Waals surface area contributed by atoms with Gasteiger partial charge in [-0.05, 0) is 130 Å². The molecule has 3 aromatic carbocycles. The number of hydrogen-bond acceptors (Lipinski definition) is 11. The molecule has 71 heavy (non-hydrogen) atoms. The molecule has 0 unspecified atom stereocenters. The van der Waals surface area contributed by atoms with Crippen molar-refractivity contribution in [2.75, 3.05) is 30.0 Å². The highest BCUT2D eigenvalue weighted by Crippen LogP contribution is 2.49. The number of sulfonamides is 1. The summed E-state index contributed by atoms with van der Waals surface area (Å²) in [6.07, 6.45) is 6.01. The Balaban J connectivity index is 1.15. The third kappa shape index (κ3) is 10.0. The van der Waals surface area contributed by atoms with E-state index >= 15 is 0 Å². The Labute approximate surface area is 432 Å². The number of ether oxygens (including phenoxy) is 2.